The van der Waals surface area contributed by atoms with Crippen LogP contribution < -0.4 is 10.1 Å². The van der Waals surface area contributed by atoms with Crippen molar-refractivity contribution in [2.24, 2.45) is 0 Å². The molecule has 5 nitrogen and oxygen atoms in total. The van der Waals surface area contributed by atoms with Crippen molar-refractivity contribution in [2.45, 2.75) is 0 Å². The van der Waals surface area contributed by atoms with Crippen molar-refractivity contribution in [1.29, 1.82) is 0 Å². The van der Waals surface area contributed by atoms with E-state index in [2.05, 4.69) is 26.6 Å². The summed E-state index contributed by atoms with van der Waals surface area (Å²) in [5.41, 5.74) is 3.62. The number of pyridine rings is 1. The Kier molecular flexibility index (Phi) is 5.30. The van der Waals surface area contributed by atoms with Gasteiger partial charge in [-0.05, 0) is 47.8 Å². The van der Waals surface area contributed by atoms with E-state index in [1.807, 2.05) is 84.2 Å². The number of benzene rings is 3. The Hall–Kier alpha value is -4.00. The van der Waals surface area contributed by atoms with Gasteiger partial charge in [-0.2, -0.15) is 0 Å². The van der Waals surface area contributed by atoms with Crippen LogP contribution in [0.5, 0.6) is 11.5 Å². The zero-order valence-corrected chi connectivity index (χ0v) is 19.3. The number of fused-ring (bicyclic) bond motifs is 2. The number of hydrogen-bond acceptors (Lipinski definition) is 6. The number of thiophene rings is 1. The fraction of sp³-hybridized carbons (Fsp3) is 0. The summed E-state index contributed by atoms with van der Waals surface area (Å²) in [4.78, 5) is 4.36. The van der Waals surface area contributed by atoms with Crippen LogP contribution in [0.25, 0.3) is 32.2 Å². The van der Waals surface area contributed by atoms with Gasteiger partial charge in [0.25, 0.3) is 0 Å². The van der Waals surface area contributed by atoms with Gasteiger partial charge in [-0.1, -0.05) is 48.0 Å². The summed E-state index contributed by atoms with van der Waals surface area (Å²) in [6, 6.07) is 27.4. The molecule has 0 aliphatic carbocycles. The molecular weight excluding hydrogens is 464 g/mol. The first kappa shape index (κ1) is 20.6. The first-order valence-electron chi connectivity index (χ1n) is 10.6. The lowest BCUT2D eigenvalue weighted by Gasteiger charge is -2.12. The van der Waals surface area contributed by atoms with Crippen molar-refractivity contribution >= 4 is 55.4 Å². The molecule has 0 aliphatic rings. The Balaban J connectivity index is 1.28. The van der Waals surface area contributed by atoms with Crippen LogP contribution in [0.2, 0.25) is 5.02 Å². The molecule has 3 heterocycles. The normalized spacial score (nSPS) is 11.1. The van der Waals surface area contributed by atoms with Crippen LogP contribution in [-0.2, 0) is 0 Å². The highest BCUT2D eigenvalue weighted by Gasteiger charge is 2.12. The molecule has 7 heteroatoms. The van der Waals surface area contributed by atoms with E-state index in [0.717, 1.165) is 49.4 Å². The van der Waals surface area contributed by atoms with Crippen molar-refractivity contribution in [3.63, 3.8) is 0 Å². The Morgan fingerprint density at radius 3 is 2.41 bits per heavy atom. The van der Waals surface area contributed by atoms with Crippen molar-refractivity contribution in [3.05, 3.63) is 102 Å². The third kappa shape index (κ3) is 3.94. The maximum absolute atomic E-state index is 6.10. The molecule has 1 N–H and O–H groups in total. The highest BCUT2D eigenvalue weighted by molar-refractivity contribution is 7.17. The van der Waals surface area contributed by atoms with E-state index in [9.17, 15) is 0 Å². The summed E-state index contributed by atoms with van der Waals surface area (Å²) >= 11 is 7.67. The molecule has 0 aliphatic heterocycles. The van der Waals surface area contributed by atoms with E-state index >= 15 is 0 Å². The molecule has 0 atom stereocenters. The third-order valence-electron chi connectivity index (χ3n) is 5.46. The van der Waals surface area contributed by atoms with Gasteiger partial charge in [-0.3, -0.25) is 4.98 Å². The highest BCUT2D eigenvalue weighted by atomic mass is 35.5. The van der Waals surface area contributed by atoms with E-state index < -0.39 is 0 Å². The van der Waals surface area contributed by atoms with E-state index in [-0.39, 0.29) is 0 Å². The molecule has 0 spiro atoms. The smallest absolute Gasteiger partial charge is 0.161 e. The zero-order valence-electron chi connectivity index (χ0n) is 17.8. The van der Waals surface area contributed by atoms with Crippen LogP contribution in [0, 0.1) is 0 Å². The lowest BCUT2D eigenvalue weighted by Crippen LogP contribution is -1.99. The van der Waals surface area contributed by atoms with Crippen LogP contribution in [0.3, 0.4) is 0 Å². The van der Waals surface area contributed by atoms with E-state index in [4.69, 9.17) is 16.3 Å². The zero-order chi connectivity index (χ0) is 22.9. The summed E-state index contributed by atoms with van der Waals surface area (Å²) < 4.78 is 7.14. The quantitative estimate of drug-likeness (QED) is 0.270. The molecule has 0 radical (unpaired) electrons. The average molecular weight is 481 g/mol. The van der Waals surface area contributed by atoms with Gasteiger partial charge >= 0.3 is 0 Å². The predicted molar refractivity (Wildman–Crippen MR) is 139 cm³/mol. The van der Waals surface area contributed by atoms with Gasteiger partial charge < -0.3 is 10.1 Å². The van der Waals surface area contributed by atoms with Crippen molar-refractivity contribution < 1.29 is 4.74 Å². The molecule has 0 saturated carbocycles. The molecule has 34 heavy (non-hydrogen) atoms. The van der Waals surface area contributed by atoms with Crippen molar-refractivity contribution in [2.75, 3.05) is 5.32 Å². The number of halogens is 1. The number of hydrogen-bond donors (Lipinski definition) is 1. The second-order valence-corrected chi connectivity index (χ2v) is 9.00. The van der Waals surface area contributed by atoms with Gasteiger partial charge in [0.2, 0.25) is 0 Å². The molecule has 3 aromatic heterocycles. The average Bonchev–Trinajstić information content (AvgIpc) is 3.36. The van der Waals surface area contributed by atoms with Crippen LogP contribution in [0.1, 0.15) is 0 Å². The number of nitrogens with one attached hydrogen (secondary N) is 1. The lowest BCUT2D eigenvalue weighted by molar-refractivity contribution is 0.489. The SMILES string of the molecule is Clc1ccc(-c2nnc(Nc3ccc(Oc4ccnc5ccsc45)cc3)c3ccccc23)cc1. The standard InChI is InChI=1S/C27H17ClN4OS/c28-18-7-5-17(6-8-18)25-21-3-1-2-4-22(21)27(32-31-25)30-19-9-11-20(12-10-19)33-24-13-15-29-23-14-16-34-26(23)24/h1-16H,(H,30,32). The Labute approximate surface area is 204 Å². The number of rotatable bonds is 5. The molecular formula is C27H17ClN4OS. The molecule has 0 bridgehead atoms. The molecule has 0 unspecified atom stereocenters. The molecule has 0 saturated heterocycles. The van der Waals surface area contributed by atoms with Gasteiger partial charge in [-0.15, -0.1) is 21.5 Å². The molecule has 3 aromatic carbocycles. The maximum atomic E-state index is 6.10. The van der Waals surface area contributed by atoms with Gasteiger partial charge in [0, 0.05) is 39.3 Å². The van der Waals surface area contributed by atoms with Crippen LogP contribution in [-0.4, -0.2) is 15.2 Å². The minimum atomic E-state index is 0.690. The van der Waals surface area contributed by atoms with Crippen molar-refractivity contribution in [1.82, 2.24) is 15.2 Å². The molecule has 0 fully saturated rings. The van der Waals surface area contributed by atoms with Crippen LogP contribution >= 0.6 is 22.9 Å². The number of ether oxygens (including phenoxy) is 1. The predicted octanol–water partition coefficient (Wildman–Crippen LogP) is 8.10. The fourth-order valence-electron chi connectivity index (χ4n) is 3.82. The van der Waals surface area contributed by atoms with Gasteiger partial charge in [0.1, 0.15) is 17.2 Å². The minimum absolute atomic E-state index is 0.690. The maximum Gasteiger partial charge on any atom is 0.161 e. The molecule has 6 rings (SSSR count). The number of aromatic nitrogens is 3. The first-order chi connectivity index (χ1) is 16.7. The molecule has 6 aromatic rings. The van der Waals surface area contributed by atoms with Gasteiger partial charge in [0.15, 0.2) is 5.82 Å². The largest absolute Gasteiger partial charge is 0.456 e. The summed E-state index contributed by atoms with van der Waals surface area (Å²) in [6.45, 7) is 0. The van der Waals surface area contributed by atoms with Crippen LogP contribution in [0.15, 0.2) is 96.5 Å². The monoisotopic (exact) mass is 480 g/mol. The second-order valence-electron chi connectivity index (χ2n) is 7.65. The van der Waals surface area contributed by atoms with Gasteiger partial charge in [-0.25, -0.2) is 0 Å². The highest BCUT2D eigenvalue weighted by Crippen LogP contribution is 2.34. The topological polar surface area (TPSA) is 59.9 Å². The van der Waals surface area contributed by atoms with Crippen molar-refractivity contribution in [3.8, 4) is 22.8 Å². The van der Waals surface area contributed by atoms with Gasteiger partial charge in [0.05, 0.1) is 10.2 Å². The van der Waals surface area contributed by atoms with E-state index in [1.54, 1.807) is 17.5 Å². The Bertz CT molecular complexity index is 1610. The summed E-state index contributed by atoms with van der Waals surface area (Å²) in [5.74, 6) is 2.24. The first-order valence-corrected chi connectivity index (χ1v) is 11.9. The summed E-state index contributed by atoms with van der Waals surface area (Å²) in [6.07, 6.45) is 1.76. The Morgan fingerprint density at radius 2 is 1.59 bits per heavy atom. The number of nitrogens with zero attached hydrogens (tertiary/aromatic N) is 3. The summed E-state index contributed by atoms with van der Waals surface area (Å²) in [5, 5.41) is 17.1. The summed E-state index contributed by atoms with van der Waals surface area (Å²) in [7, 11) is 0. The lowest BCUT2D eigenvalue weighted by atomic mass is 10.0. The van der Waals surface area contributed by atoms with Crippen LogP contribution in [0.4, 0.5) is 11.5 Å². The molecule has 164 valence electrons. The van der Waals surface area contributed by atoms with E-state index in [1.165, 1.54) is 0 Å². The number of anilines is 2. The second kappa shape index (κ2) is 8.74. The van der Waals surface area contributed by atoms with E-state index in [0.29, 0.717) is 10.8 Å². The Morgan fingerprint density at radius 1 is 0.794 bits per heavy atom. The molecule has 0 amide bonds. The third-order valence-corrected chi connectivity index (χ3v) is 6.63. The fourth-order valence-corrected chi connectivity index (χ4v) is 4.74. The minimum Gasteiger partial charge on any atom is -0.456 e.